The van der Waals surface area contributed by atoms with E-state index in [1.807, 2.05) is 12.1 Å². The van der Waals surface area contributed by atoms with Gasteiger partial charge in [0.2, 0.25) is 0 Å². The summed E-state index contributed by atoms with van der Waals surface area (Å²) >= 11 is 0. The summed E-state index contributed by atoms with van der Waals surface area (Å²) in [4.78, 5) is 0. The smallest absolute Gasteiger partial charge is 0.114 e. The predicted octanol–water partition coefficient (Wildman–Crippen LogP) is 2.72. The van der Waals surface area contributed by atoms with Crippen molar-refractivity contribution >= 4 is 13.3 Å². The molecule has 0 radical (unpaired) electrons. The molecule has 1 aromatic carbocycles. The molecule has 0 heterocycles. The maximum Gasteiger partial charge on any atom is 0.114 e. The molecular formula is C11H18OSi. The van der Waals surface area contributed by atoms with Crippen molar-refractivity contribution in [3.8, 4) is 5.75 Å². The Labute approximate surface area is 81.4 Å². The van der Waals surface area contributed by atoms with Gasteiger partial charge in [0.05, 0.1) is 8.07 Å². The average Bonchev–Trinajstić information content (AvgIpc) is 2.17. The van der Waals surface area contributed by atoms with Crippen LogP contribution in [0.15, 0.2) is 24.3 Å². The van der Waals surface area contributed by atoms with Gasteiger partial charge >= 0.3 is 0 Å². The van der Waals surface area contributed by atoms with Crippen LogP contribution in [0.2, 0.25) is 18.6 Å². The zero-order chi connectivity index (χ0) is 9.90. The number of para-hydroxylation sites is 1. The van der Waals surface area contributed by atoms with Crippen molar-refractivity contribution < 1.29 is 5.11 Å². The molecule has 0 atom stereocenters. The van der Waals surface area contributed by atoms with Gasteiger partial charge in [-0.15, -0.1) is 0 Å². The summed E-state index contributed by atoms with van der Waals surface area (Å²) in [7, 11) is -1.37. The van der Waals surface area contributed by atoms with Crippen molar-refractivity contribution in [2.24, 2.45) is 0 Å². The number of aromatic hydroxyl groups is 1. The zero-order valence-electron chi connectivity index (χ0n) is 8.67. The van der Waals surface area contributed by atoms with Crippen molar-refractivity contribution in [3.05, 3.63) is 24.3 Å². The Morgan fingerprint density at radius 1 is 1.15 bits per heavy atom. The summed E-state index contributed by atoms with van der Waals surface area (Å²) in [6, 6.07) is 10.2. The summed E-state index contributed by atoms with van der Waals surface area (Å²) in [5, 5.41) is 11.0. The highest BCUT2D eigenvalue weighted by Gasteiger charge is 2.27. The first-order valence-corrected chi connectivity index (χ1v) is 7.84. The van der Waals surface area contributed by atoms with Gasteiger partial charge in [-0.1, -0.05) is 50.7 Å². The predicted molar refractivity (Wildman–Crippen MR) is 60.3 cm³/mol. The Morgan fingerprint density at radius 2 is 1.69 bits per heavy atom. The van der Waals surface area contributed by atoms with E-state index < -0.39 is 8.07 Å². The van der Waals surface area contributed by atoms with Gasteiger partial charge in [-0.05, 0) is 11.3 Å². The highest BCUT2D eigenvalue weighted by atomic mass is 28.3. The lowest BCUT2D eigenvalue weighted by Crippen LogP contribution is -2.43. The monoisotopic (exact) mass is 194 g/mol. The Bertz CT molecular complexity index is 279. The van der Waals surface area contributed by atoms with Crippen LogP contribution >= 0.6 is 0 Å². The van der Waals surface area contributed by atoms with Crippen LogP contribution in [0.3, 0.4) is 0 Å². The fourth-order valence-corrected chi connectivity index (χ4v) is 4.08. The molecule has 0 fully saturated rings. The Morgan fingerprint density at radius 3 is 2.15 bits per heavy atom. The molecule has 1 aromatic rings. The van der Waals surface area contributed by atoms with Gasteiger partial charge in [-0.25, -0.2) is 0 Å². The van der Waals surface area contributed by atoms with Crippen LogP contribution < -0.4 is 5.19 Å². The van der Waals surface area contributed by atoms with Crippen molar-refractivity contribution in [2.45, 2.75) is 32.5 Å². The van der Waals surface area contributed by atoms with Gasteiger partial charge in [-0.3, -0.25) is 0 Å². The van der Waals surface area contributed by atoms with Crippen LogP contribution in [0.4, 0.5) is 0 Å². The third-order valence-corrected chi connectivity index (χ3v) is 7.96. The van der Waals surface area contributed by atoms with E-state index in [9.17, 15) is 5.11 Å². The fraction of sp³-hybridized carbons (Fsp3) is 0.455. The molecule has 0 amide bonds. The second kappa shape index (κ2) is 3.96. The number of hydrogen-bond donors (Lipinski definition) is 1. The highest BCUT2D eigenvalue weighted by Crippen LogP contribution is 2.19. The lowest BCUT2D eigenvalue weighted by Gasteiger charge is -2.25. The normalized spacial score (nSPS) is 11.6. The van der Waals surface area contributed by atoms with E-state index in [0.29, 0.717) is 5.75 Å². The molecule has 1 rings (SSSR count). The van der Waals surface area contributed by atoms with E-state index in [2.05, 4.69) is 26.5 Å². The fourth-order valence-electron chi connectivity index (χ4n) is 1.61. The van der Waals surface area contributed by atoms with E-state index in [4.69, 9.17) is 0 Å². The largest absolute Gasteiger partial charge is 0.508 e. The molecule has 0 aliphatic heterocycles. The van der Waals surface area contributed by atoms with Crippen LogP contribution in [-0.4, -0.2) is 13.2 Å². The molecule has 0 saturated heterocycles. The minimum atomic E-state index is -1.37. The Balaban J connectivity index is 3.12. The standard InChI is InChI=1S/C11H18OSi/c1-4-13(3,5-2)11-9-7-6-8-10(11)12/h6-9,12H,4-5H2,1-3H3. The molecule has 0 saturated carbocycles. The van der Waals surface area contributed by atoms with Crippen LogP contribution in [0.1, 0.15) is 13.8 Å². The van der Waals surface area contributed by atoms with E-state index in [-0.39, 0.29) is 0 Å². The molecule has 0 aromatic heterocycles. The maximum absolute atomic E-state index is 9.74. The Hall–Kier alpha value is -0.763. The SMILES string of the molecule is CC[Si](C)(CC)c1ccccc1O. The first kappa shape index (κ1) is 10.3. The summed E-state index contributed by atoms with van der Waals surface area (Å²) in [6.07, 6.45) is 0. The first-order chi connectivity index (χ1) is 6.14. The van der Waals surface area contributed by atoms with Gasteiger partial charge in [-0.2, -0.15) is 0 Å². The highest BCUT2D eigenvalue weighted by molar-refractivity contribution is 6.91. The van der Waals surface area contributed by atoms with Crippen molar-refractivity contribution in [2.75, 3.05) is 0 Å². The summed E-state index contributed by atoms with van der Waals surface area (Å²) in [5.41, 5.74) is 0. The van der Waals surface area contributed by atoms with Crippen LogP contribution in [0.25, 0.3) is 0 Å². The lowest BCUT2D eigenvalue weighted by atomic mass is 10.3. The molecule has 2 heteroatoms. The molecule has 0 unspecified atom stereocenters. The van der Waals surface area contributed by atoms with E-state index in [1.165, 1.54) is 17.3 Å². The quantitative estimate of drug-likeness (QED) is 0.734. The minimum absolute atomic E-state index is 0.486. The van der Waals surface area contributed by atoms with Crippen molar-refractivity contribution in [1.82, 2.24) is 0 Å². The van der Waals surface area contributed by atoms with Gasteiger partial charge in [0, 0.05) is 0 Å². The molecule has 72 valence electrons. The van der Waals surface area contributed by atoms with E-state index in [0.717, 1.165) is 0 Å². The number of hydrogen-bond acceptors (Lipinski definition) is 1. The van der Waals surface area contributed by atoms with Gasteiger partial charge in [0.1, 0.15) is 5.75 Å². The van der Waals surface area contributed by atoms with Gasteiger partial charge in [0.15, 0.2) is 0 Å². The molecule has 0 aliphatic rings. The van der Waals surface area contributed by atoms with Gasteiger partial charge < -0.3 is 5.11 Å². The summed E-state index contributed by atoms with van der Waals surface area (Å²) in [5.74, 6) is 0.486. The number of rotatable bonds is 3. The molecule has 1 N–H and O–H groups in total. The van der Waals surface area contributed by atoms with E-state index >= 15 is 0 Å². The second-order valence-electron chi connectivity index (χ2n) is 3.78. The minimum Gasteiger partial charge on any atom is -0.508 e. The molecule has 13 heavy (non-hydrogen) atoms. The molecule has 0 bridgehead atoms. The Kier molecular flexibility index (Phi) is 3.15. The topological polar surface area (TPSA) is 20.2 Å². The summed E-state index contributed by atoms with van der Waals surface area (Å²) < 4.78 is 0. The number of phenols is 1. The first-order valence-electron chi connectivity index (χ1n) is 4.92. The molecule has 0 aliphatic carbocycles. The second-order valence-corrected chi connectivity index (χ2v) is 8.86. The lowest BCUT2D eigenvalue weighted by molar-refractivity contribution is 0.479. The maximum atomic E-state index is 9.74. The third-order valence-electron chi connectivity index (χ3n) is 3.11. The van der Waals surface area contributed by atoms with Crippen molar-refractivity contribution in [1.29, 1.82) is 0 Å². The number of benzene rings is 1. The number of phenolic OH excluding ortho intramolecular Hbond substituents is 1. The zero-order valence-corrected chi connectivity index (χ0v) is 9.67. The van der Waals surface area contributed by atoms with Crippen molar-refractivity contribution in [3.63, 3.8) is 0 Å². The molecule has 1 nitrogen and oxygen atoms in total. The van der Waals surface area contributed by atoms with Gasteiger partial charge in [0.25, 0.3) is 0 Å². The summed E-state index contributed by atoms with van der Waals surface area (Å²) in [6.45, 7) is 6.78. The molecule has 0 spiro atoms. The average molecular weight is 194 g/mol. The molecular weight excluding hydrogens is 176 g/mol. The van der Waals surface area contributed by atoms with E-state index in [1.54, 1.807) is 6.07 Å². The third kappa shape index (κ3) is 1.94. The van der Waals surface area contributed by atoms with Crippen LogP contribution in [0, 0.1) is 0 Å². The van der Waals surface area contributed by atoms with Crippen LogP contribution in [0.5, 0.6) is 5.75 Å². The van der Waals surface area contributed by atoms with Crippen LogP contribution in [-0.2, 0) is 0 Å².